The van der Waals surface area contributed by atoms with Crippen LogP contribution in [0.4, 0.5) is 0 Å². The van der Waals surface area contributed by atoms with E-state index in [1.807, 2.05) is 0 Å². The topological polar surface area (TPSA) is 26.0 Å². The fraction of sp³-hybridized carbons (Fsp3) is 1.00. The molecule has 2 N–H and O–H groups in total. The van der Waals surface area contributed by atoms with Gasteiger partial charge in [-0.1, -0.05) is 40.5 Å². The zero-order valence-corrected chi connectivity index (χ0v) is 10.7. The summed E-state index contributed by atoms with van der Waals surface area (Å²) in [4.78, 5) is 0. The Morgan fingerprint density at radius 1 is 0.714 bits per heavy atom. The van der Waals surface area contributed by atoms with Gasteiger partial charge in [0, 0.05) is 6.04 Å². The van der Waals surface area contributed by atoms with Crippen LogP contribution in [0.5, 0.6) is 0 Å². The van der Waals surface area contributed by atoms with E-state index in [0.29, 0.717) is 6.04 Å². The second-order valence-corrected chi connectivity index (χ2v) is 5.48. The third kappa shape index (κ3) is 7.37. The summed E-state index contributed by atoms with van der Waals surface area (Å²) in [5.74, 6) is 2.54. The summed E-state index contributed by atoms with van der Waals surface area (Å²) in [5, 5.41) is 0. The first-order valence-electron chi connectivity index (χ1n) is 6.19. The van der Waals surface area contributed by atoms with Gasteiger partial charge in [-0.2, -0.15) is 0 Å². The SMILES string of the molecule is CC(C)CCC(C)C(C)CCC(C)N. The average Bonchev–Trinajstić information content (AvgIpc) is 2.09. The van der Waals surface area contributed by atoms with Gasteiger partial charge in [-0.15, -0.1) is 0 Å². The zero-order chi connectivity index (χ0) is 11.1. The van der Waals surface area contributed by atoms with Crippen LogP contribution in [-0.2, 0) is 0 Å². The Hall–Kier alpha value is -0.0400. The quantitative estimate of drug-likeness (QED) is 0.662. The van der Waals surface area contributed by atoms with Crippen molar-refractivity contribution < 1.29 is 0 Å². The Kier molecular flexibility index (Phi) is 7.26. The predicted molar refractivity (Wildman–Crippen MR) is 65.3 cm³/mol. The van der Waals surface area contributed by atoms with Crippen LogP contribution in [0.15, 0.2) is 0 Å². The molecule has 0 amide bonds. The highest BCUT2D eigenvalue weighted by molar-refractivity contribution is 4.65. The molecule has 0 aromatic rings. The molecule has 1 nitrogen and oxygen atoms in total. The summed E-state index contributed by atoms with van der Waals surface area (Å²) in [6, 6.07) is 0.370. The Morgan fingerprint density at radius 2 is 1.14 bits per heavy atom. The van der Waals surface area contributed by atoms with E-state index in [-0.39, 0.29) is 0 Å². The molecule has 0 radical (unpaired) electrons. The van der Waals surface area contributed by atoms with E-state index in [9.17, 15) is 0 Å². The maximum Gasteiger partial charge on any atom is 0.00105 e. The Balaban J connectivity index is 3.59. The van der Waals surface area contributed by atoms with Gasteiger partial charge in [-0.25, -0.2) is 0 Å². The fourth-order valence-electron chi connectivity index (χ4n) is 1.69. The first kappa shape index (κ1) is 14.0. The van der Waals surface area contributed by atoms with Crippen molar-refractivity contribution in [3.63, 3.8) is 0 Å². The smallest absolute Gasteiger partial charge is 0.00105 e. The summed E-state index contributed by atoms with van der Waals surface area (Å²) < 4.78 is 0. The van der Waals surface area contributed by atoms with Gasteiger partial charge in [-0.3, -0.25) is 0 Å². The van der Waals surface area contributed by atoms with Crippen molar-refractivity contribution in [1.82, 2.24) is 0 Å². The van der Waals surface area contributed by atoms with Crippen molar-refractivity contribution in [3.8, 4) is 0 Å². The van der Waals surface area contributed by atoms with Crippen molar-refractivity contribution in [2.75, 3.05) is 0 Å². The van der Waals surface area contributed by atoms with Gasteiger partial charge >= 0.3 is 0 Å². The number of rotatable bonds is 7. The van der Waals surface area contributed by atoms with Crippen LogP contribution in [-0.4, -0.2) is 6.04 Å². The molecule has 0 aromatic carbocycles. The summed E-state index contributed by atoms with van der Waals surface area (Å²) in [6.07, 6.45) is 5.20. The lowest BCUT2D eigenvalue weighted by atomic mass is 9.86. The third-order valence-corrected chi connectivity index (χ3v) is 3.25. The van der Waals surface area contributed by atoms with Gasteiger partial charge < -0.3 is 5.73 Å². The number of hydrogen-bond acceptors (Lipinski definition) is 1. The molecule has 3 atom stereocenters. The molecule has 0 saturated carbocycles. The predicted octanol–water partition coefficient (Wildman–Crippen LogP) is 3.82. The molecule has 0 rings (SSSR count). The maximum atomic E-state index is 5.76. The highest BCUT2D eigenvalue weighted by atomic mass is 14.6. The molecule has 0 heterocycles. The largest absolute Gasteiger partial charge is 0.328 e. The summed E-state index contributed by atoms with van der Waals surface area (Å²) in [6.45, 7) is 11.5. The van der Waals surface area contributed by atoms with Gasteiger partial charge in [-0.05, 0) is 37.5 Å². The van der Waals surface area contributed by atoms with Crippen LogP contribution in [0.1, 0.15) is 60.3 Å². The van der Waals surface area contributed by atoms with E-state index < -0.39 is 0 Å². The molecule has 3 unspecified atom stereocenters. The monoisotopic (exact) mass is 199 g/mol. The lowest BCUT2D eigenvalue weighted by molar-refractivity contribution is 0.310. The summed E-state index contributed by atoms with van der Waals surface area (Å²) in [7, 11) is 0. The normalized spacial score (nSPS) is 18.2. The average molecular weight is 199 g/mol. The Bertz CT molecular complexity index is 113. The molecule has 0 spiro atoms. The minimum absolute atomic E-state index is 0.370. The molecular formula is C13H29N. The first-order valence-corrected chi connectivity index (χ1v) is 6.19. The van der Waals surface area contributed by atoms with Crippen molar-refractivity contribution in [2.24, 2.45) is 23.5 Å². The molecule has 0 aliphatic rings. The lowest BCUT2D eigenvalue weighted by Crippen LogP contribution is -2.18. The molecule has 86 valence electrons. The molecule has 0 aliphatic heterocycles. The second-order valence-electron chi connectivity index (χ2n) is 5.48. The van der Waals surface area contributed by atoms with Gasteiger partial charge in [0.1, 0.15) is 0 Å². The number of nitrogens with two attached hydrogens (primary N) is 1. The molecule has 0 aromatic heterocycles. The van der Waals surface area contributed by atoms with Crippen LogP contribution in [0.2, 0.25) is 0 Å². The first-order chi connectivity index (χ1) is 6.43. The zero-order valence-electron chi connectivity index (χ0n) is 10.7. The Morgan fingerprint density at radius 3 is 1.50 bits per heavy atom. The van der Waals surface area contributed by atoms with E-state index in [4.69, 9.17) is 5.73 Å². The third-order valence-electron chi connectivity index (χ3n) is 3.25. The van der Waals surface area contributed by atoms with Gasteiger partial charge in [0.25, 0.3) is 0 Å². The number of hydrogen-bond donors (Lipinski definition) is 1. The maximum absolute atomic E-state index is 5.76. The van der Waals surface area contributed by atoms with Crippen LogP contribution in [0.25, 0.3) is 0 Å². The molecule has 0 bridgehead atoms. The van der Waals surface area contributed by atoms with Crippen molar-refractivity contribution in [1.29, 1.82) is 0 Å². The highest BCUT2D eigenvalue weighted by Gasteiger charge is 2.12. The van der Waals surface area contributed by atoms with Gasteiger partial charge in [0.05, 0.1) is 0 Å². The molecule has 1 heteroatoms. The van der Waals surface area contributed by atoms with E-state index in [1.54, 1.807) is 0 Å². The van der Waals surface area contributed by atoms with Crippen LogP contribution in [0.3, 0.4) is 0 Å². The van der Waals surface area contributed by atoms with Crippen LogP contribution < -0.4 is 5.73 Å². The minimum atomic E-state index is 0.370. The van der Waals surface area contributed by atoms with Crippen molar-refractivity contribution >= 4 is 0 Å². The molecule has 0 aliphatic carbocycles. The fourth-order valence-corrected chi connectivity index (χ4v) is 1.69. The van der Waals surface area contributed by atoms with Crippen LogP contribution in [0, 0.1) is 17.8 Å². The molecule has 0 saturated heterocycles. The molecule has 0 fully saturated rings. The van der Waals surface area contributed by atoms with E-state index >= 15 is 0 Å². The molecular weight excluding hydrogens is 170 g/mol. The molecule has 14 heavy (non-hydrogen) atoms. The van der Waals surface area contributed by atoms with Gasteiger partial charge in [0.15, 0.2) is 0 Å². The van der Waals surface area contributed by atoms with E-state index in [1.165, 1.54) is 25.7 Å². The minimum Gasteiger partial charge on any atom is -0.328 e. The van der Waals surface area contributed by atoms with Crippen molar-refractivity contribution in [3.05, 3.63) is 0 Å². The lowest BCUT2D eigenvalue weighted by Gasteiger charge is -2.21. The second kappa shape index (κ2) is 7.28. The summed E-state index contributed by atoms with van der Waals surface area (Å²) in [5.41, 5.74) is 5.76. The van der Waals surface area contributed by atoms with Gasteiger partial charge in [0.2, 0.25) is 0 Å². The van der Waals surface area contributed by atoms with Crippen molar-refractivity contribution in [2.45, 2.75) is 66.3 Å². The standard InChI is InChI=1S/C13H29N/c1-10(2)6-7-11(3)12(4)8-9-13(5)14/h10-13H,6-9,14H2,1-5H3. The van der Waals surface area contributed by atoms with E-state index in [0.717, 1.165) is 17.8 Å². The highest BCUT2D eigenvalue weighted by Crippen LogP contribution is 2.23. The Labute approximate surface area is 90.5 Å². The van der Waals surface area contributed by atoms with E-state index in [2.05, 4.69) is 34.6 Å². The van der Waals surface area contributed by atoms with Crippen LogP contribution >= 0.6 is 0 Å². The summed E-state index contributed by atoms with van der Waals surface area (Å²) >= 11 is 0.